The van der Waals surface area contributed by atoms with E-state index >= 15 is 0 Å². The number of aromatic nitrogens is 2. The van der Waals surface area contributed by atoms with Crippen molar-refractivity contribution in [2.75, 3.05) is 4.72 Å². The Kier molecular flexibility index (Phi) is 5.99. The van der Waals surface area contributed by atoms with Gasteiger partial charge in [0.15, 0.2) is 17.5 Å². The zero-order valence-corrected chi connectivity index (χ0v) is 16.9. The standard InChI is InChI=1S/C16H12ClF2N3O2S3/c1-9-11(17)3-2-4-14(9)27(23,24)22-16-20-15(21-26-16)8-25-10-5-6-12(18)13(19)7-10/h2-7H,8H2,1H3,(H,20,21,22). The number of benzene rings is 2. The lowest BCUT2D eigenvalue weighted by Gasteiger charge is -2.08. The van der Waals surface area contributed by atoms with E-state index in [-0.39, 0.29) is 15.8 Å². The van der Waals surface area contributed by atoms with Crippen molar-refractivity contribution in [3.8, 4) is 0 Å². The number of halogens is 3. The minimum absolute atomic E-state index is 0.0583. The Balaban J connectivity index is 1.70. The molecule has 0 bridgehead atoms. The smallest absolute Gasteiger partial charge is 0.253 e. The molecule has 0 atom stereocenters. The van der Waals surface area contributed by atoms with Crippen molar-refractivity contribution < 1.29 is 17.2 Å². The minimum Gasteiger partial charge on any atom is -0.253 e. The zero-order valence-electron chi connectivity index (χ0n) is 13.7. The molecule has 0 radical (unpaired) electrons. The molecule has 1 N–H and O–H groups in total. The van der Waals surface area contributed by atoms with E-state index in [1.54, 1.807) is 19.1 Å². The predicted octanol–water partition coefficient (Wildman–Crippen LogP) is 4.87. The Morgan fingerprint density at radius 2 is 2.00 bits per heavy atom. The zero-order chi connectivity index (χ0) is 19.6. The molecule has 0 saturated heterocycles. The van der Waals surface area contributed by atoms with E-state index < -0.39 is 21.7 Å². The van der Waals surface area contributed by atoms with Crippen LogP contribution in [0.4, 0.5) is 13.9 Å². The molecule has 0 spiro atoms. The van der Waals surface area contributed by atoms with Gasteiger partial charge in [-0.3, -0.25) is 4.72 Å². The average molecular weight is 448 g/mol. The van der Waals surface area contributed by atoms with Gasteiger partial charge in [0.25, 0.3) is 10.0 Å². The summed E-state index contributed by atoms with van der Waals surface area (Å²) in [6, 6.07) is 8.17. The summed E-state index contributed by atoms with van der Waals surface area (Å²) in [5, 5.41) is 0.453. The van der Waals surface area contributed by atoms with E-state index in [0.29, 0.717) is 21.3 Å². The van der Waals surface area contributed by atoms with Gasteiger partial charge in [-0.25, -0.2) is 22.2 Å². The lowest BCUT2D eigenvalue weighted by atomic mass is 10.2. The molecule has 2 aromatic carbocycles. The number of hydrogen-bond donors (Lipinski definition) is 1. The van der Waals surface area contributed by atoms with Gasteiger partial charge in [-0.1, -0.05) is 17.7 Å². The SMILES string of the molecule is Cc1c(Cl)cccc1S(=O)(=O)Nc1nc(CSc2ccc(F)c(F)c2)ns1. The summed E-state index contributed by atoms with van der Waals surface area (Å²) in [5.74, 6) is -1.20. The summed E-state index contributed by atoms with van der Waals surface area (Å²) in [5.41, 5.74) is 0.435. The van der Waals surface area contributed by atoms with Crippen molar-refractivity contribution in [3.05, 3.63) is 64.4 Å². The van der Waals surface area contributed by atoms with Crippen molar-refractivity contribution in [3.63, 3.8) is 0 Å². The summed E-state index contributed by atoms with van der Waals surface area (Å²) in [4.78, 5) is 4.70. The number of hydrogen-bond acceptors (Lipinski definition) is 6. The minimum atomic E-state index is -3.86. The molecule has 3 aromatic rings. The fourth-order valence-electron chi connectivity index (χ4n) is 2.12. The second kappa shape index (κ2) is 8.09. The van der Waals surface area contributed by atoms with Crippen LogP contribution in [0.2, 0.25) is 5.02 Å². The average Bonchev–Trinajstić information content (AvgIpc) is 3.05. The van der Waals surface area contributed by atoms with Crippen molar-refractivity contribution in [1.82, 2.24) is 9.36 Å². The van der Waals surface area contributed by atoms with Gasteiger partial charge in [-0.05, 0) is 42.8 Å². The number of nitrogens with one attached hydrogen (secondary N) is 1. The van der Waals surface area contributed by atoms with E-state index in [4.69, 9.17) is 11.6 Å². The van der Waals surface area contributed by atoms with Crippen LogP contribution >= 0.6 is 34.9 Å². The van der Waals surface area contributed by atoms with Crippen LogP contribution in [0.15, 0.2) is 46.2 Å². The molecule has 0 aliphatic rings. The summed E-state index contributed by atoms with van der Waals surface area (Å²) in [7, 11) is -3.86. The van der Waals surface area contributed by atoms with Crippen LogP contribution in [0.1, 0.15) is 11.4 Å². The van der Waals surface area contributed by atoms with Crippen molar-refractivity contribution in [2.24, 2.45) is 0 Å². The number of anilines is 1. The molecule has 0 saturated carbocycles. The molecule has 3 rings (SSSR count). The Morgan fingerprint density at radius 3 is 2.74 bits per heavy atom. The van der Waals surface area contributed by atoms with Gasteiger partial charge in [0.1, 0.15) is 0 Å². The maximum atomic E-state index is 13.2. The maximum absolute atomic E-state index is 13.2. The fraction of sp³-hybridized carbons (Fsp3) is 0.125. The second-order valence-electron chi connectivity index (χ2n) is 5.35. The van der Waals surface area contributed by atoms with E-state index in [2.05, 4.69) is 14.1 Å². The summed E-state index contributed by atoms with van der Waals surface area (Å²) >= 11 is 8.08. The van der Waals surface area contributed by atoms with Gasteiger partial charge in [0.2, 0.25) is 5.13 Å². The lowest BCUT2D eigenvalue weighted by molar-refractivity contribution is 0.506. The Bertz CT molecular complexity index is 1090. The molecular formula is C16H12ClF2N3O2S3. The van der Waals surface area contributed by atoms with Crippen molar-refractivity contribution in [2.45, 2.75) is 22.5 Å². The van der Waals surface area contributed by atoms with Crippen LogP contribution in [-0.2, 0) is 15.8 Å². The first kappa shape index (κ1) is 20.0. The van der Waals surface area contributed by atoms with Crippen molar-refractivity contribution in [1.29, 1.82) is 0 Å². The largest absolute Gasteiger partial charge is 0.264 e. The molecule has 0 aliphatic heterocycles. The quantitative estimate of drug-likeness (QED) is 0.546. The third kappa shape index (κ3) is 4.75. The molecular weight excluding hydrogens is 436 g/mol. The Hall–Kier alpha value is -1.75. The van der Waals surface area contributed by atoms with Crippen LogP contribution in [-0.4, -0.2) is 17.8 Å². The van der Waals surface area contributed by atoms with Crippen molar-refractivity contribution >= 4 is 50.1 Å². The molecule has 142 valence electrons. The van der Waals surface area contributed by atoms with Gasteiger partial charge in [0.05, 0.1) is 10.6 Å². The number of sulfonamides is 1. The second-order valence-corrected chi connectivity index (χ2v) is 9.21. The number of rotatable bonds is 6. The normalized spacial score (nSPS) is 11.6. The highest BCUT2D eigenvalue weighted by Crippen LogP contribution is 2.27. The number of thioether (sulfide) groups is 1. The third-order valence-corrected chi connectivity index (χ3v) is 7.14. The van der Waals surface area contributed by atoms with E-state index in [1.807, 2.05) is 0 Å². The molecule has 0 aliphatic carbocycles. The first-order valence-corrected chi connectivity index (χ1v) is 11.1. The first-order chi connectivity index (χ1) is 12.8. The summed E-state index contributed by atoms with van der Waals surface area (Å²) in [6.07, 6.45) is 0. The Morgan fingerprint density at radius 1 is 1.22 bits per heavy atom. The topological polar surface area (TPSA) is 72.0 Å². The van der Waals surface area contributed by atoms with Gasteiger partial charge >= 0.3 is 0 Å². The Labute approximate surface area is 168 Å². The van der Waals surface area contributed by atoms with E-state index in [0.717, 1.165) is 23.7 Å². The van der Waals surface area contributed by atoms with E-state index in [9.17, 15) is 17.2 Å². The van der Waals surface area contributed by atoms with E-state index in [1.165, 1.54) is 23.9 Å². The molecule has 1 aromatic heterocycles. The molecule has 5 nitrogen and oxygen atoms in total. The van der Waals surface area contributed by atoms with Gasteiger partial charge in [0, 0.05) is 21.5 Å². The monoisotopic (exact) mass is 447 g/mol. The maximum Gasteiger partial charge on any atom is 0.264 e. The van der Waals surface area contributed by atoms with Crippen LogP contribution in [0, 0.1) is 18.6 Å². The fourth-order valence-corrected chi connectivity index (χ4v) is 5.28. The third-order valence-electron chi connectivity index (χ3n) is 3.46. The highest BCUT2D eigenvalue weighted by molar-refractivity contribution is 7.98. The highest BCUT2D eigenvalue weighted by Gasteiger charge is 2.20. The van der Waals surface area contributed by atoms with Gasteiger partial charge in [-0.2, -0.15) is 4.37 Å². The highest BCUT2D eigenvalue weighted by atomic mass is 35.5. The van der Waals surface area contributed by atoms with Crippen LogP contribution < -0.4 is 4.72 Å². The molecule has 1 heterocycles. The van der Waals surface area contributed by atoms with Gasteiger partial charge in [-0.15, -0.1) is 11.8 Å². The molecule has 0 amide bonds. The molecule has 27 heavy (non-hydrogen) atoms. The van der Waals surface area contributed by atoms with Gasteiger partial charge < -0.3 is 0 Å². The molecule has 0 unspecified atom stereocenters. The number of nitrogens with zero attached hydrogens (tertiary/aromatic N) is 2. The molecule has 0 fully saturated rings. The predicted molar refractivity (Wildman–Crippen MR) is 103 cm³/mol. The van der Waals surface area contributed by atoms with Crippen LogP contribution in [0.3, 0.4) is 0 Å². The summed E-state index contributed by atoms with van der Waals surface area (Å²) < 4.78 is 57.6. The van der Waals surface area contributed by atoms with Crippen LogP contribution in [0.5, 0.6) is 0 Å². The lowest BCUT2D eigenvalue weighted by Crippen LogP contribution is -2.14. The van der Waals surface area contributed by atoms with Crippen LogP contribution in [0.25, 0.3) is 0 Å². The first-order valence-electron chi connectivity index (χ1n) is 7.44. The molecule has 11 heteroatoms. The summed E-state index contributed by atoms with van der Waals surface area (Å²) in [6.45, 7) is 1.61.